The lowest BCUT2D eigenvalue weighted by molar-refractivity contribution is 0.0761. The molecule has 4 heterocycles. The van der Waals surface area contributed by atoms with Gasteiger partial charge in [0.2, 0.25) is 0 Å². The summed E-state index contributed by atoms with van der Waals surface area (Å²) in [6.45, 7) is 3.58. The summed E-state index contributed by atoms with van der Waals surface area (Å²) in [5, 5.41) is 5.67. The van der Waals surface area contributed by atoms with Crippen LogP contribution in [0.4, 0.5) is 5.82 Å². The molecule has 1 N–H and O–H groups in total. The number of aromatic nitrogens is 2. The Labute approximate surface area is 170 Å². The van der Waals surface area contributed by atoms with Crippen molar-refractivity contribution >= 4 is 22.6 Å². The fraction of sp³-hybridized carbons (Fsp3) is 0.348. The van der Waals surface area contributed by atoms with Crippen LogP contribution in [0.25, 0.3) is 22.0 Å². The summed E-state index contributed by atoms with van der Waals surface area (Å²) in [5.74, 6) is 1.48. The fourth-order valence-electron chi connectivity index (χ4n) is 4.07. The number of anilines is 1. The van der Waals surface area contributed by atoms with Crippen molar-refractivity contribution in [2.75, 3.05) is 31.7 Å². The smallest absolute Gasteiger partial charge is 0.291 e. The Morgan fingerprint density at radius 2 is 1.79 bits per heavy atom. The number of rotatable bonds is 2. The second kappa shape index (κ2) is 8.17. The highest BCUT2D eigenvalue weighted by molar-refractivity contribution is 5.89. The second-order valence-electron chi connectivity index (χ2n) is 7.79. The largest absolute Gasteiger partial charge is 0.449 e. The molecule has 0 spiro atoms. The van der Waals surface area contributed by atoms with Crippen LogP contribution >= 0.6 is 0 Å². The molecule has 3 aromatic rings. The van der Waals surface area contributed by atoms with Crippen molar-refractivity contribution in [3.05, 3.63) is 54.9 Å². The summed E-state index contributed by atoms with van der Waals surface area (Å²) >= 11 is 0. The molecule has 2 aromatic carbocycles. The Bertz CT molecular complexity index is 1030. The molecule has 3 aliphatic rings. The lowest BCUT2D eigenvalue weighted by Crippen LogP contribution is -2.38. The summed E-state index contributed by atoms with van der Waals surface area (Å²) in [5.41, 5.74) is 1.93. The zero-order valence-corrected chi connectivity index (χ0v) is 16.4. The molecule has 0 atom stereocenters. The van der Waals surface area contributed by atoms with Gasteiger partial charge >= 0.3 is 0 Å². The molecule has 0 amide bonds. The first-order valence-electron chi connectivity index (χ1n) is 10.3. The summed E-state index contributed by atoms with van der Waals surface area (Å²) in [4.78, 5) is 15.8. The second-order valence-corrected chi connectivity index (χ2v) is 7.79. The quantitative estimate of drug-likeness (QED) is 0.716. The van der Waals surface area contributed by atoms with Gasteiger partial charge in [-0.25, -0.2) is 15.0 Å². The third kappa shape index (κ3) is 4.22. The molecule has 6 heteroatoms. The van der Waals surface area contributed by atoms with E-state index in [0.717, 1.165) is 43.2 Å². The summed E-state index contributed by atoms with van der Waals surface area (Å²) in [6, 6.07) is 17.2. The molecule has 29 heavy (non-hydrogen) atoms. The number of hydrogen-bond donors (Lipinski definition) is 1. The van der Waals surface area contributed by atoms with Crippen molar-refractivity contribution in [2.45, 2.75) is 19.3 Å². The molecule has 0 aliphatic carbocycles. The predicted molar refractivity (Wildman–Crippen MR) is 116 cm³/mol. The minimum Gasteiger partial charge on any atom is -0.449 e. The highest BCUT2D eigenvalue weighted by Crippen LogP contribution is 2.24. The maximum Gasteiger partial charge on any atom is 0.291 e. The lowest BCUT2D eigenvalue weighted by Gasteiger charge is -2.32. The van der Waals surface area contributed by atoms with Gasteiger partial charge in [0.05, 0.1) is 5.69 Å². The van der Waals surface area contributed by atoms with Gasteiger partial charge in [-0.2, -0.15) is 0 Å². The molecule has 6 nitrogen and oxygen atoms in total. The Hall–Kier alpha value is -2.99. The van der Waals surface area contributed by atoms with Crippen molar-refractivity contribution < 1.29 is 4.74 Å². The van der Waals surface area contributed by atoms with Crippen LogP contribution < -0.4 is 5.32 Å². The molecule has 148 valence electrons. The summed E-state index contributed by atoms with van der Waals surface area (Å²) < 4.78 is 5.96. The zero-order valence-electron chi connectivity index (χ0n) is 16.4. The Morgan fingerprint density at radius 3 is 2.69 bits per heavy atom. The first-order valence-corrected chi connectivity index (χ1v) is 10.3. The standard InChI is InChI=1S/C23H25N5O/c1-2-4-19-13-20(6-5-18(19)3-1)21-14-22(26-15-25-21)27-23-24-10-7-17-8-11-28(12-9-17)16-29-23/h1-6,13-15,17H,7-12,16H2,(H,24,25,26,27). The predicted octanol–water partition coefficient (Wildman–Crippen LogP) is 4.15. The van der Waals surface area contributed by atoms with Gasteiger partial charge in [0.15, 0.2) is 0 Å². The van der Waals surface area contributed by atoms with Gasteiger partial charge in [0.25, 0.3) is 6.02 Å². The average molecular weight is 387 g/mol. The minimum absolute atomic E-state index is 0.542. The van der Waals surface area contributed by atoms with E-state index in [4.69, 9.17) is 4.74 Å². The van der Waals surface area contributed by atoms with Gasteiger partial charge in [-0.15, -0.1) is 0 Å². The van der Waals surface area contributed by atoms with Crippen molar-refractivity contribution in [3.63, 3.8) is 0 Å². The molecular weight excluding hydrogens is 362 g/mol. The third-order valence-corrected chi connectivity index (χ3v) is 5.83. The molecule has 0 unspecified atom stereocenters. The van der Waals surface area contributed by atoms with E-state index in [-0.39, 0.29) is 0 Å². The fourth-order valence-corrected chi connectivity index (χ4v) is 4.07. The van der Waals surface area contributed by atoms with E-state index in [1.54, 1.807) is 6.33 Å². The van der Waals surface area contributed by atoms with Gasteiger partial charge in [-0.1, -0.05) is 36.4 Å². The molecular formula is C23H25N5O. The van der Waals surface area contributed by atoms with Crippen LogP contribution in [0.15, 0.2) is 59.9 Å². The topological polar surface area (TPSA) is 62.6 Å². The van der Waals surface area contributed by atoms with E-state index in [9.17, 15) is 0 Å². The van der Waals surface area contributed by atoms with Gasteiger partial charge < -0.3 is 4.74 Å². The molecule has 3 aliphatic heterocycles. The number of nitrogens with zero attached hydrogens (tertiary/aromatic N) is 4. The molecule has 2 bridgehead atoms. The molecule has 6 rings (SSSR count). The minimum atomic E-state index is 0.542. The first-order chi connectivity index (χ1) is 14.3. The van der Waals surface area contributed by atoms with Crippen LogP contribution in [0.1, 0.15) is 19.3 Å². The monoisotopic (exact) mass is 387 g/mol. The average Bonchev–Trinajstić information content (AvgIpc) is 2.79. The van der Waals surface area contributed by atoms with Crippen LogP contribution in [-0.2, 0) is 4.74 Å². The number of fused-ring (bicyclic) bond motifs is 7. The number of aliphatic imine (C=N–C) groups is 1. The van der Waals surface area contributed by atoms with Crippen molar-refractivity contribution in [2.24, 2.45) is 10.9 Å². The van der Waals surface area contributed by atoms with Crippen molar-refractivity contribution in [1.82, 2.24) is 14.9 Å². The van der Waals surface area contributed by atoms with Gasteiger partial charge in [-0.05, 0) is 42.0 Å². The normalized spacial score (nSPS) is 22.0. The number of ether oxygens (including phenoxy) is 1. The maximum atomic E-state index is 5.96. The molecule has 0 radical (unpaired) electrons. The Balaban J connectivity index is 1.36. The number of hydrogen-bond acceptors (Lipinski definition) is 6. The number of amidine groups is 1. The van der Waals surface area contributed by atoms with E-state index in [1.165, 1.54) is 23.6 Å². The number of piperidine rings is 1. The van der Waals surface area contributed by atoms with Gasteiger partial charge in [0, 0.05) is 31.3 Å². The van der Waals surface area contributed by atoms with E-state index in [1.807, 2.05) is 6.07 Å². The summed E-state index contributed by atoms with van der Waals surface area (Å²) in [7, 11) is 0. The third-order valence-electron chi connectivity index (χ3n) is 5.83. The van der Waals surface area contributed by atoms with E-state index in [0.29, 0.717) is 18.6 Å². The van der Waals surface area contributed by atoms with Crippen LogP contribution in [0.2, 0.25) is 0 Å². The maximum absolute atomic E-state index is 5.96. The van der Waals surface area contributed by atoms with E-state index in [2.05, 4.69) is 67.6 Å². The van der Waals surface area contributed by atoms with Gasteiger partial charge in [-0.3, -0.25) is 10.2 Å². The lowest BCUT2D eigenvalue weighted by atomic mass is 9.94. The molecule has 0 saturated carbocycles. The first kappa shape index (κ1) is 18.1. The molecule has 1 fully saturated rings. The van der Waals surface area contributed by atoms with Crippen LogP contribution in [0.3, 0.4) is 0 Å². The Kier molecular flexibility index (Phi) is 5.09. The molecule has 1 saturated heterocycles. The van der Waals surface area contributed by atoms with E-state index >= 15 is 0 Å². The number of benzene rings is 2. The Morgan fingerprint density at radius 1 is 0.931 bits per heavy atom. The highest BCUT2D eigenvalue weighted by atomic mass is 16.5. The van der Waals surface area contributed by atoms with Gasteiger partial charge in [0.1, 0.15) is 18.9 Å². The molecule has 1 aromatic heterocycles. The number of nitrogens with one attached hydrogen (secondary N) is 1. The van der Waals surface area contributed by atoms with Crippen LogP contribution in [0.5, 0.6) is 0 Å². The SMILES string of the molecule is c1ccc2cc(-c3cc(NC4=NCCC5CCN(CC5)CO4)ncn3)ccc2c1. The van der Waals surface area contributed by atoms with Crippen molar-refractivity contribution in [3.8, 4) is 11.3 Å². The van der Waals surface area contributed by atoms with E-state index < -0.39 is 0 Å². The van der Waals surface area contributed by atoms with Crippen molar-refractivity contribution in [1.29, 1.82) is 0 Å². The summed E-state index contributed by atoms with van der Waals surface area (Å²) in [6.07, 6.45) is 5.21. The highest BCUT2D eigenvalue weighted by Gasteiger charge is 2.21. The van der Waals surface area contributed by atoms with Crippen LogP contribution in [-0.4, -0.2) is 47.3 Å². The van der Waals surface area contributed by atoms with Crippen LogP contribution in [0, 0.1) is 5.92 Å². The zero-order chi connectivity index (χ0) is 19.5.